The largest absolute Gasteiger partial charge is 0.508 e. The number of benzene rings is 3. The summed E-state index contributed by atoms with van der Waals surface area (Å²) in [6.45, 7) is 1.69. The van der Waals surface area contributed by atoms with Gasteiger partial charge >= 0.3 is 5.97 Å². The van der Waals surface area contributed by atoms with Gasteiger partial charge in [0, 0.05) is 24.1 Å². The number of aryl methyl sites for hydroxylation is 1. The van der Waals surface area contributed by atoms with Gasteiger partial charge in [-0.25, -0.2) is 0 Å². The molecule has 3 fully saturated rings. The highest BCUT2D eigenvalue weighted by atomic mass is 16.5. The highest BCUT2D eigenvalue weighted by molar-refractivity contribution is 6.13. The van der Waals surface area contributed by atoms with Crippen molar-refractivity contribution >= 4 is 35.3 Å². The number of aromatic hydroxyl groups is 1. The van der Waals surface area contributed by atoms with Gasteiger partial charge in [-0.3, -0.25) is 34.3 Å². The summed E-state index contributed by atoms with van der Waals surface area (Å²) in [7, 11) is 1.48. The van der Waals surface area contributed by atoms with Crippen LogP contribution in [0.3, 0.4) is 0 Å². The smallest absolute Gasteiger partial charge is 0.305 e. The lowest BCUT2D eigenvalue weighted by Crippen LogP contribution is -2.53. The van der Waals surface area contributed by atoms with E-state index in [0.29, 0.717) is 28.1 Å². The Morgan fingerprint density at radius 3 is 2.35 bits per heavy atom. The summed E-state index contributed by atoms with van der Waals surface area (Å²) in [5.41, 5.74) is 4.73. The Balaban J connectivity index is 1.43. The number of allylic oxidation sites excluding steroid dienone is 2. The van der Waals surface area contributed by atoms with Crippen LogP contribution in [-0.4, -0.2) is 63.4 Å². The molecule has 0 unspecified atom stereocenters. The Morgan fingerprint density at radius 1 is 0.958 bits per heavy atom. The van der Waals surface area contributed by atoms with Crippen LogP contribution in [0.2, 0.25) is 0 Å². The zero-order chi connectivity index (χ0) is 33.9. The third-order valence-electron chi connectivity index (χ3n) is 10.6. The Kier molecular flexibility index (Phi) is 7.57. The van der Waals surface area contributed by atoms with Crippen molar-refractivity contribution in [2.24, 2.45) is 23.7 Å². The standard InChI is InChI=1S/C37H35N3O8/c1-20-8-10-22(11-9-20)38-40-34(45)28-19-27-24(14-15-26-31(27)35(46)39(33(26)44)17-16-30(42)43)32(25-13-12-23(48-2)18-29(25)41)37(28,36(40)47)21-6-4-3-5-7-21/h3-14,18,26-28,31-32,38,41H,15-17,19H2,1-2H3,(H,42,43)/t26-,27+,28-,31-,32+,37+/m0/s1. The van der Waals surface area contributed by atoms with Gasteiger partial charge in [0.1, 0.15) is 11.5 Å². The molecule has 3 aromatic carbocycles. The average Bonchev–Trinajstić information content (AvgIpc) is 3.45. The van der Waals surface area contributed by atoms with Crippen molar-refractivity contribution < 1.29 is 38.9 Å². The zero-order valence-corrected chi connectivity index (χ0v) is 26.5. The Bertz CT molecular complexity index is 1870. The molecule has 2 heterocycles. The Morgan fingerprint density at radius 2 is 1.69 bits per heavy atom. The maximum atomic E-state index is 15.1. The molecule has 0 aromatic heterocycles. The van der Waals surface area contributed by atoms with Crippen LogP contribution in [0.1, 0.15) is 41.9 Å². The number of carbonyl (C=O) groups is 5. The van der Waals surface area contributed by atoms with Crippen LogP contribution < -0.4 is 10.2 Å². The average molecular weight is 650 g/mol. The van der Waals surface area contributed by atoms with E-state index in [1.807, 2.05) is 43.3 Å². The van der Waals surface area contributed by atoms with Gasteiger partial charge in [-0.05, 0) is 49.4 Å². The molecule has 4 amide bonds. The molecule has 4 aliphatic rings. The second-order valence-corrected chi connectivity index (χ2v) is 13.0. The number of imide groups is 2. The molecule has 7 rings (SSSR count). The lowest BCUT2D eigenvalue weighted by molar-refractivity contribution is -0.143. The maximum absolute atomic E-state index is 15.1. The fourth-order valence-corrected chi connectivity index (χ4v) is 8.48. The van der Waals surface area contributed by atoms with Crippen LogP contribution in [0, 0.1) is 30.6 Å². The number of hydrazine groups is 1. The van der Waals surface area contributed by atoms with Crippen LogP contribution in [0.15, 0.2) is 84.4 Å². The molecular formula is C37H35N3O8. The van der Waals surface area contributed by atoms with Crippen LogP contribution in [0.25, 0.3) is 0 Å². The topological polar surface area (TPSA) is 154 Å². The number of phenols is 1. The van der Waals surface area contributed by atoms with Gasteiger partial charge in [0.2, 0.25) is 11.8 Å². The summed E-state index contributed by atoms with van der Waals surface area (Å²) in [6.07, 6.45) is 1.80. The second kappa shape index (κ2) is 11.7. The van der Waals surface area contributed by atoms with Gasteiger partial charge in [0.15, 0.2) is 0 Å². The van der Waals surface area contributed by atoms with Gasteiger partial charge in [-0.15, -0.1) is 0 Å². The van der Waals surface area contributed by atoms with Crippen molar-refractivity contribution in [2.45, 2.75) is 37.5 Å². The first-order valence-electron chi connectivity index (χ1n) is 16.0. The van der Waals surface area contributed by atoms with E-state index in [9.17, 15) is 29.4 Å². The molecule has 0 bridgehead atoms. The van der Waals surface area contributed by atoms with Gasteiger partial charge in [0.05, 0.1) is 42.4 Å². The molecule has 2 aliphatic heterocycles. The Labute approximate surface area is 276 Å². The number of hydrogen-bond donors (Lipinski definition) is 3. The van der Waals surface area contributed by atoms with Crippen LogP contribution in [0.5, 0.6) is 11.5 Å². The molecule has 246 valence electrons. The van der Waals surface area contributed by atoms with E-state index in [-0.39, 0.29) is 31.6 Å². The lowest BCUT2D eigenvalue weighted by Gasteiger charge is -2.50. The van der Waals surface area contributed by atoms with Crippen molar-refractivity contribution in [1.29, 1.82) is 0 Å². The van der Waals surface area contributed by atoms with Crippen LogP contribution in [-0.2, 0) is 29.4 Å². The maximum Gasteiger partial charge on any atom is 0.305 e. The predicted molar refractivity (Wildman–Crippen MR) is 172 cm³/mol. The van der Waals surface area contributed by atoms with E-state index in [0.717, 1.165) is 15.5 Å². The first kappa shape index (κ1) is 31.2. The number of phenolic OH excluding ortho intramolecular Hbond substituents is 1. The number of carboxylic acid groups (broad SMARTS) is 1. The zero-order valence-electron chi connectivity index (χ0n) is 26.5. The summed E-state index contributed by atoms with van der Waals surface area (Å²) in [5, 5.41) is 21.9. The molecule has 6 atom stereocenters. The van der Waals surface area contributed by atoms with E-state index < -0.39 is 64.6 Å². The monoisotopic (exact) mass is 649 g/mol. The number of carboxylic acids is 1. The molecule has 0 spiro atoms. The first-order chi connectivity index (χ1) is 23.1. The van der Waals surface area contributed by atoms with Crippen molar-refractivity contribution in [2.75, 3.05) is 19.1 Å². The number of anilines is 1. The highest BCUT2D eigenvalue weighted by Crippen LogP contribution is 2.65. The number of nitrogens with one attached hydrogen (secondary N) is 1. The van der Waals surface area contributed by atoms with Crippen molar-refractivity contribution in [3.63, 3.8) is 0 Å². The fraction of sp³-hybridized carbons (Fsp3) is 0.324. The molecule has 11 nitrogen and oxygen atoms in total. The minimum Gasteiger partial charge on any atom is -0.508 e. The van der Waals surface area contributed by atoms with Crippen LogP contribution in [0.4, 0.5) is 5.69 Å². The van der Waals surface area contributed by atoms with E-state index in [2.05, 4.69) is 5.43 Å². The molecular weight excluding hydrogens is 614 g/mol. The van der Waals surface area contributed by atoms with Gasteiger partial charge < -0.3 is 14.9 Å². The summed E-state index contributed by atoms with van der Waals surface area (Å²) >= 11 is 0. The molecule has 2 aliphatic carbocycles. The second-order valence-electron chi connectivity index (χ2n) is 13.0. The van der Waals surface area contributed by atoms with Crippen molar-refractivity contribution in [3.8, 4) is 11.5 Å². The molecule has 3 aromatic rings. The number of methoxy groups -OCH3 is 1. The number of amides is 4. The molecule has 0 radical (unpaired) electrons. The minimum atomic E-state index is -1.52. The summed E-state index contributed by atoms with van der Waals surface area (Å²) < 4.78 is 5.36. The normalized spacial score (nSPS) is 27.7. The first-order valence-corrected chi connectivity index (χ1v) is 16.0. The van der Waals surface area contributed by atoms with E-state index in [1.54, 1.807) is 36.4 Å². The van der Waals surface area contributed by atoms with E-state index in [4.69, 9.17) is 4.74 Å². The molecule has 1 saturated carbocycles. The summed E-state index contributed by atoms with van der Waals surface area (Å²) in [4.78, 5) is 69.6. The lowest BCUT2D eigenvalue weighted by atomic mass is 9.49. The van der Waals surface area contributed by atoms with Crippen molar-refractivity contribution in [1.82, 2.24) is 9.91 Å². The Hall–Kier alpha value is -5.45. The SMILES string of the molecule is COc1ccc([C@H]2C3=CC[C@@H]4C(=O)N(CCC(=O)O)C(=O)[C@@H]4[C@@H]3C[C@H]3C(=O)N(Nc4ccc(C)cc4)C(=O)[C@@]23c2ccccc2)c(O)c1. The van der Waals surface area contributed by atoms with Gasteiger partial charge in [-0.1, -0.05) is 65.7 Å². The third-order valence-corrected chi connectivity index (χ3v) is 10.6. The summed E-state index contributed by atoms with van der Waals surface area (Å²) in [6, 6.07) is 21.2. The minimum absolute atomic E-state index is 0.0950. The number of carbonyl (C=O) groups excluding carboxylic acids is 4. The number of fused-ring (bicyclic) bond motifs is 4. The quantitative estimate of drug-likeness (QED) is 0.241. The molecule has 2 saturated heterocycles. The number of ether oxygens (including phenoxy) is 1. The molecule has 11 heteroatoms. The number of hydrogen-bond acceptors (Lipinski definition) is 8. The summed E-state index contributed by atoms with van der Waals surface area (Å²) in [5.74, 6) is -6.81. The third kappa shape index (κ3) is 4.59. The van der Waals surface area contributed by atoms with E-state index in [1.165, 1.54) is 13.2 Å². The molecule has 3 N–H and O–H groups in total. The molecule has 48 heavy (non-hydrogen) atoms. The number of rotatable bonds is 8. The van der Waals surface area contributed by atoms with Crippen molar-refractivity contribution in [3.05, 3.63) is 101 Å². The van der Waals surface area contributed by atoms with Crippen LogP contribution >= 0.6 is 0 Å². The van der Waals surface area contributed by atoms with Gasteiger partial charge in [-0.2, -0.15) is 5.01 Å². The number of aliphatic carboxylic acids is 1. The fourth-order valence-electron chi connectivity index (χ4n) is 8.48. The van der Waals surface area contributed by atoms with E-state index >= 15 is 4.79 Å². The van der Waals surface area contributed by atoms with Gasteiger partial charge in [0.25, 0.3) is 11.8 Å². The predicted octanol–water partition coefficient (Wildman–Crippen LogP) is 4.17. The number of likely N-dealkylation sites (tertiary alicyclic amines) is 1. The number of nitrogens with zero attached hydrogens (tertiary/aromatic N) is 2. The highest BCUT2D eigenvalue weighted by Gasteiger charge is 2.70.